The summed E-state index contributed by atoms with van der Waals surface area (Å²) in [5, 5.41) is 3.54. The number of amides is 1. The second-order valence-electron chi connectivity index (χ2n) is 5.22. The summed E-state index contributed by atoms with van der Waals surface area (Å²) in [6.45, 7) is 4.01. The molecule has 0 spiro atoms. The van der Waals surface area contributed by atoms with Crippen LogP contribution in [-0.4, -0.2) is 29.9 Å². The Kier molecular flexibility index (Phi) is 5.38. The van der Waals surface area contributed by atoms with Crippen LogP contribution in [0.3, 0.4) is 0 Å². The lowest BCUT2D eigenvalue weighted by molar-refractivity contribution is -0.133. The molecule has 1 aliphatic heterocycles. The summed E-state index contributed by atoms with van der Waals surface area (Å²) in [7, 11) is 0. The summed E-state index contributed by atoms with van der Waals surface area (Å²) in [6, 6.07) is 4.05. The molecule has 1 fully saturated rings. The van der Waals surface area contributed by atoms with Gasteiger partial charge in [-0.2, -0.15) is 0 Å². The first-order valence-corrected chi connectivity index (χ1v) is 7.42. The van der Waals surface area contributed by atoms with Gasteiger partial charge in [-0.3, -0.25) is 4.79 Å². The molecule has 3 nitrogen and oxygen atoms in total. The number of halogens is 2. The van der Waals surface area contributed by atoms with Gasteiger partial charge >= 0.3 is 0 Å². The van der Waals surface area contributed by atoms with Crippen LogP contribution in [0.4, 0.5) is 4.39 Å². The molecule has 0 aromatic heterocycles. The third-order valence-corrected chi connectivity index (χ3v) is 4.00. The Hall–Kier alpha value is -1.13. The number of likely N-dealkylation sites (tertiary alicyclic amines) is 1. The average molecular weight is 299 g/mol. The van der Waals surface area contributed by atoms with Crippen LogP contribution in [0.5, 0.6) is 0 Å². The number of nitrogens with one attached hydrogen (secondary N) is 1. The van der Waals surface area contributed by atoms with Gasteiger partial charge in [-0.25, -0.2) is 4.39 Å². The first-order chi connectivity index (χ1) is 9.58. The quantitative estimate of drug-likeness (QED) is 0.927. The van der Waals surface area contributed by atoms with Gasteiger partial charge in [-0.15, -0.1) is 0 Å². The molecule has 0 radical (unpaired) electrons. The molecular weight excluding hydrogens is 279 g/mol. The van der Waals surface area contributed by atoms with Crippen molar-refractivity contribution < 1.29 is 9.18 Å². The lowest BCUT2D eigenvalue weighted by Crippen LogP contribution is -2.46. The second kappa shape index (κ2) is 7.04. The molecule has 1 heterocycles. The fourth-order valence-electron chi connectivity index (χ4n) is 2.40. The topological polar surface area (TPSA) is 32.3 Å². The van der Waals surface area contributed by atoms with E-state index in [4.69, 9.17) is 11.6 Å². The van der Waals surface area contributed by atoms with E-state index in [0.29, 0.717) is 11.6 Å². The Bertz CT molecular complexity index is 475. The van der Waals surface area contributed by atoms with E-state index in [2.05, 4.69) is 5.32 Å². The molecule has 1 saturated heterocycles. The average Bonchev–Trinajstić information content (AvgIpc) is 2.46. The van der Waals surface area contributed by atoms with Crippen molar-refractivity contribution in [3.63, 3.8) is 0 Å². The van der Waals surface area contributed by atoms with Crippen LogP contribution in [0.15, 0.2) is 18.2 Å². The number of hydrogen-bond donors (Lipinski definition) is 1. The van der Waals surface area contributed by atoms with E-state index in [9.17, 15) is 9.18 Å². The summed E-state index contributed by atoms with van der Waals surface area (Å²) in [6.07, 6.45) is 3.38. The van der Waals surface area contributed by atoms with E-state index in [0.717, 1.165) is 31.5 Å². The highest BCUT2D eigenvalue weighted by Gasteiger charge is 2.21. The van der Waals surface area contributed by atoms with E-state index < -0.39 is 0 Å². The molecule has 110 valence electrons. The van der Waals surface area contributed by atoms with Crippen molar-refractivity contribution >= 4 is 17.5 Å². The molecule has 1 N–H and O–H groups in total. The molecule has 1 amide bonds. The van der Waals surface area contributed by atoms with Crippen LogP contribution in [0.2, 0.25) is 5.02 Å². The third-order valence-electron chi connectivity index (χ3n) is 3.65. The lowest BCUT2D eigenvalue weighted by atomic mass is 10.1. The zero-order valence-electron chi connectivity index (χ0n) is 11.7. The minimum atomic E-state index is -0.351. The highest BCUT2D eigenvalue weighted by atomic mass is 35.5. The number of carbonyl (C=O) groups is 1. The van der Waals surface area contributed by atoms with E-state index >= 15 is 0 Å². The normalized spacial score (nSPS) is 17.1. The van der Waals surface area contributed by atoms with Gasteiger partial charge in [0.25, 0.3) is 0 Å². The summed E-state index contributed by atoms with van der Waals surface area (Å²) in [4.78, 5) is 14.1. The van der Waals surface area contributed by atoms with Crippen molar-refractivity contribution in [3.05, 3.63) is 34.6 Å². The molecule has 1 unspecified atom stereocenters. The fourth-order valence-corrected chi connectivity index (χ4v) is 2.64. The van der Waals surface area contributed by atoms with Crippen LogP contribution < -0.4 is 5.32 Å². The van der Waals surface area contributed by atoms with Crippen molar-refractivity contribution in [3.8, 4) is 0 Å². The number of piperidine rings is 1. The Morgan fingerprint density at radius 3 is 2.75 bits per heavy atom. The molecule has 1 aromatic carbocycles. The van der Waals surface area contributed by atoms with Crippen LogP contribution in [0, 0.1) is 5.82 Å². The van der Waals surface area contributed by atoms with Gasteiger partial charge in [0, 0.05) is 24.7 Å². The Labute approximate surface area is 124 Å². The molecule has 1 atom stereocenters. The number of carbonyl (C=O) groups excluding carboxylic acids is 1. The third kappa shape index (κ3) is 3.93. The maximum Gasteiger partial charge on any atom is 0.239 e. The van der Waals surface area contributed by atoms with Crippen molar-refractivity contribution in [1.29, 1.82) is 0 Å². The fraction of sp³-hybridized carbons (Fsp3) is 0.533. The molecule has 0 aliphatic carbocycles. The smallest absolute Gasteiger partial charge is 0.239 e. The molecule has 1 aliphatic rings. The zero-order valence-corrected chi connectivity index (χ0v) is 12.4. The molecular formula is C15H20ClFN2O. The van der Waals surface area contributed by atoms with Crippen molar-refractivity contribution in [2.45, 2.75) is 38.8 Å². The van der Waals surface area contributed by atoms with E-state index in [1.54, 1.807) is 6.07 Å². The van der Waals surface area contributed by atoms with Gasteiger partial charge in [0.2, 0.25) is 5.91 Å². The molecule has 20 heavy (non-hydrogen) atoms. The summed E-state index contributed by atoms with van der Waals surface area (Å²) in [5.41, 5.74) is 0.798. The maximum absolute atomic E-state index is 13.0. The van der Waals surface area contributed by atoms with Gasteiger partial charge in [0.05, 0.1) is 6.04 Å². The first kappa shape index (κ1) is 15.3. The minimum Gasteiger partial charge on any atom is -0.341 e. The minimum absolute atomic E-state index is 0.128. The van der Waals surface area contributed by atoms with E-state index in [1.807, 2.05) is 11.8 Å². The summed E-state index contributed by atoms with van der Waals surface area (Å²) in [5.74, 6) is -0.223. The van der Waals surface area contributed by atoms with Gasteiger partial charge < -0.3 is 10.2 Å². The zero-order chi connectivity index (χ0) is 14.5. The Morgan fingerprint density at radius 1 is 1.40 bits per heavy atom. The van der Waals surface area contributed by atoms with Crippen LogP contribution >= 0.6 is 11.6 Å². The van der Waals surface area contributed by atoms with Crippen molar-refractivity contribution in [1.82, 2.24) is 10.2 Å². The second-order valence-corrected chi connectivity index (χ2v) is 5.63. The SMILES string of the molecule is CC(NCc1ccc(F)cc1Cl)C(=O)N1CCCCC1. The van der Waals surface area contributed by atoms with Gasteiger partial charge in [0.1, 0.15) is 5.82 Å². The van der Waals surface area contributed by atoms with Crippen LogP contribution in [-0.2, 0) is 11.3 Å². The summed E-state index contributed by atoms with van der Waals surface area (Å²) < 4.78 is 13.0. The first-order valence-electron chi connectivity index (χ1n) is 7.04. The highest BCUT2D eigenvalue weighted by Crippen LogP contribution is 2.17. The van der Waals surface area contributed by atoms with Crippen LogP contribution in [0.1, 0.15) is 31.7 Å². The monoisotopic (exact) mass is 298 g/mol. The van der Waals surface area contributed by atoms with Crippen molar-refractivity contribution in [2.24, 2.45) is 0 Å². The van der Waals surface area contributed by atoms with Gasteiger partial charge in [0.15, 0.2) is 0 Å². The predicted molar refractivity (Wildman–Crippen MR) is 78.1 cm³/mol. The largest absolute Gasteiger partial charge is 0.341 e. The molecule has 1 aromatic rings. The maximum atomic E-state index is 13.0. The lowest BCUT2D eigenvalue weighted by Gasteiger charge is -2.29. The molecule has 2 rings (SSSR count). The molecule has 0 bridgehead atoms. The highest BCUT2D eigenvalue weighted by molar-refractivity contribution is 6.31. The number of nitrogens with zero attached hydrogens (tertiary/aromatic N) is 1. The number of hydrogen-bond acceptors (Lipinski definition) is 2. The van der Waals surface area contributed by atoms with E-state index in [1.165, 1.54) is 18.6 Å². The van der Waals surface area contributed by atoms with Gasteiger partial charge in [-0.05, 0) is 43.9 Å². The van der Waals surface area contributed by atoms with E-state index in [-0.39, 0.29) is 17.8 Å². The van der Waals surface area contributed by atoms with Crippen LogP contribution in [0.25, 0.3) is 0 Å². The van der Waals surface area contributed by atoms with Crippen molar-refractivity contribution in [2.75, 3.05) is 13.1 Å². The number of rotatable bonds is 4. The number of benzene rings is 1. The molecule has 5 heteroatoms. The Morgan fingerprint density at radius 2 is 2.10 bits per heavy atom. The standard InChI is InChI=1S/C15H20ClFN2O/c1-11(15(20)19-7-3-2-4-8-19)18-10-12-5-6-13(17)9-14(12)16/h5-6,9,11,18H,2-4,7-8,10H2,1H3. The summed E-state index contributed by atoms with van der Waals surface area (Å²) >= 11 is 5.97. The molecule has 0 saturated carbocycles. The predicted octanol–water partition coefficient (Wildman–Crippen LogP) is 2.97. The van der Waals surface area contributed by atoms with Gasteiger partial charge in [-0.1, -0.05) is 17.7 Å². The Balaban J connectivity index is 1.87.